The molecule has 1 aliphatic heterocycles. The number of likely N-dealkylation sites (tertiary alicyclic amines) is 1. The van der Waals surface area contributed by atoms with Crippen molar-refractivity contribution in [2.24, 2.45) is 0 Å². The van der Waals surface area contributed by atoms with Gasteiger partial charge in [0.2, 0.25) is 0 Å². The molecule has 1 saturated heterocycles. The average Bonchev–Trinajstić information content (AvgIpc) is 2.47. The fourth-order valence-corrected chi connectivity index (χ4v) is 2.80. The number of methoxy groups -OCH3 is 1. The molecule has 0 spiro atoms. The Morgan fingerprint density at radius 2 is 2.11 bits per heavy atom. The van der Waals surface area contributed by atoms with E-state index in [4.69, 9.17) is 4.74 Å². The summed E-state index contributed by atoms with van der Waals surface area (Å²) in [5.41, 5.74) is 1.35. The van der Waals surface area contributed by atoms with E-state index in [1.54, 1.807) is 0 Å². The predicted octanol–water partition coefficient (Wildman–Crippen LogP) is 2.99. The van der Waals surface area contributed by atoms with Gasteiger partial charge >= 0.3 is 5.97 Å². The second-order valence-corrected chi connectivity index (χ2v) is 5.22. The molecule has 1 atom stereocenters. The van der Waals surface area contributed by atoms with Gasteiger partial charge in [-0.2, -0.15) is 0 Å². The summed E-state index contributed by atoms with van der Waals surface area (Å²) in [5, 5.41) is 0. The van der Waals surface area contributed by atoms with Crippen molar-refractivity contribution in [3.05, 3.63) is 35.9 Å². The van der Waals surface area contributed by atoms with Crippen LogP contribution in [-0.4, -0.2) is 30.6 Å². The Labute approximate surface area is 115 Å². The molecule has 0 saturated carbocycles. The molecule has 1 aromatic rings. The van der Waals surface area contributed by atoms with Crippen LogP contribution in [0.3, 0.4) is 0 Å². The Morgan fingerprint density at radius 1 is 1.32 bits per heavy atom. The summed E-state index contributed by atoms with van der Waals surface area (Å²) >= 11 is 0. The molecule has 0 radical (unpaired) electrons. The van der Waals surface area contributed by atoms with Gasteiger partial charge in [-0.1, -0.05) is 36.8 Å². The molecule has 0 aliphatic carbocycles. The van der Waals surface area contributed by atoms with Gasteiger partial charge in [-0.05, 0) is 31.4 Å². The first-order valence-electron chi connectivity index (χ1n) is 7.14. The van der Waals surface area contributed by atoms with Crippen molar-refractivity contribution >= 4 is 5.97 Å². The lowest BCUT2D eigenvalue weighted by atomic mass is 9.97. The number of hydrogen-bond donors (Lipinski definition) is 0. The van der Waals surface area contributed by atoms with Gasteiger partial charge < -0.3 is 4.74 Å². The van der Waals surface area contributed by atoms with Gasteiger partial charge in [0.15, 0.2) is 0 Å². The Morgan fingerprint density at radius 3 is 2.84 bits per heavy atom. The van der Waals surface area contributed by atoms with Gasteiger partial charge in [0.25, 0.3) is 0 Å². The van der Waals surface area contributed by atoms with Crippen LogP contribution in [0.4, 0.5) is 0 Å². The number of rotatable bonds is 5. The minimum absolute atomic E-state index is 0.0924. The molecule has 0 N–H and O–H groups in total. The van der Waals surface area contributed by atoms with Crippen molar-refractivity contribution in [2.75, 3.05) is 13.7 Å². The minimum atomic E-state index is -0.0924. The second kappa shape index (κ2) is 7.29. The monoisotopic (exact) mass is 261 g/mol. The average molecular weight is 261 g/mol. The van der Waals surface area contributed by atoms with Gasteiger partial charge in [-0.15, -0.1) is 0 Å². The summed E-state index contributed by atoms with van der Waals surface area (Å²) < 4.78 is 4.74. The molecule has 3 heteroatoms. The highest BCUT2D eigenvalue weighted by Gasteiger charge is 2.23. The van der Waals surface area contributed by atoms with Crippen LogP contribution in [0.15, 0.2) is 30.3 Å². The van der Waals surface area contributed by atoms with Crippen LogP contribution in [0.1, 0.15) is 37.7 Å². The molecule has 0 unspecified atom stereocenters. The molecule has 19 heavy (non-hydrogen) atoms. The van der Waals surface area contributed by atoms with Gasteiger partial charge in [0.05, 0.1) is 7.11 Å². The van der Waals surface area contributed by atoms with E-state index >= 15 is 0 Å². The van der Waals surface area contributed by atoms with Crippen LogP contribution in [0, 0.1) is 0 Å². The van der Waals surface area contributed by atoms with Crippen molar-refractivity contribution in [3.63, 3.8) is 0 Å². The Balaban J connectivity index is 1.90. The number of nitrogens with zero attached hydrogens (tertiary/aromatic N) is 1. The molecule has 1 aliphatic rings. The maximum atomic E-state index is 11.3. The van der Waals surface area contributed by atoms with E-state index < -0.39 is 0 Å². The summed E-state index contributed by atoms with van der Waals surface area (Å²) in [6.45, 7) is 2.13. The summed E-state index contributed by atoms with van der Waals surface area (Å²) in [7, 11) is 1.46. The third-order valence-electron chi connectivity index (χ3n) is 3.89. The molecule has 104 valence electrons. The second-order valence-electron chi connectivity index (χ2n) is 5.22. The first kappa shape index (κ1) is 14.1. The number of carbonyl (C=O) groups is 1. The van der Waals surface area contributed by atoms with Crippen LogP contribution in [0.5, 0.6) is 0 Å². The minimum Gasteiger partial charge on any atom is -0.469 e. The third kappa shape index (κ3) is 4.35. The van der Waals surface area contributed by atoms with Crippen LogP contribution in [-0.2, 0) is 16.1 Å². The van der Waals surface area contributed by atoms with Crippen LogP contribution in [0.2, 0.25) is 0 Å². The zero-order valence-electron chi connectivity index (χ0n) is 11.7. The molecule has 1 aromatic carbocycles. The first-order valence-corrected chi connectivity index (χ1v) is 7.14. The summed E-state index contributed by atoms with van der Waals surface area (Å²) in [5.74, 6) is -0.0924. The third-order valence-corrected chi connectivity index (χ3v) is 3.89. The number of carbonyl (C=O) groups excluding carboxylic acids is 1. The van der Waals surface area contributed by atoms with Gasteiger partial charge in [0.1, 0.15) is 0 Å². The van der Waals surface area contributed by atoms with Gasteiger partial charge in [-0.3, -0.25) is 9.69 Å². The van der Waals surface area contributed by atoms with Crippen LogP contribution >= 0.6 is 0 Å². The lowest BCUT2D eigenvalue weighted by molar-refractivity contribution is -0.141. The summed E-state index contributed by atoms with van der Waals surface area (Å²) in [6.07, 6.45) is 5.19. The highest BCUT2D eigenvalue weighted by atomic mass is 16.5. The quantitative estimate of drug-likeness (QED) is 0.763. The van der Waals surface area contributed by atoms with Crippen molar-refractivity contribution in [2.45, 2.75) is 44.7 Å². The van der Waals surface area contributed by atoms with Crippen LogP contribution in [0.25, 0.3) is 0 Å². The van der Waals surface area contributed by atoms with Gasteiger partial charge in [0, 0.05) is 19.0 Å². The van der Waals surface area contributed by atoms with E-state index in [0.717, 1.165) is 19.5 Å². The van der Waals surface area contributed by atoms with E-state index in [-0.39, 0.29) is 5.97 Å². The topological polar surface area (TPSA) is 29.5 Å². The largest absolute Gasteiger partial charge is 0.469 e. The van der Waals surface area contributed by atoms with Crippen molar-refractivity contribution in [3.8, 4) is 0 Å². The lowest BCUT2D eigenvalue weighted by Gasteiger charge is -2.35. The van der Waals surface area contributed by atoms with Gasteiger partial charge in [-0.25, -0.2) is 0 Å². The molecular weight excluding hydrogens is 238 g/mol. The number of benzene rings is 1. The van der Waals surface area contributed by atoms with E-state index in [9.17, 15) is 4.79 Å². The van der Waals surface area contributed by atoms with Crippen molar-refractivity contribution < 1.29 is 9.53 Å². The zero-order valence-corrected chi connectivity index (χ0v) is 11.7. The van der Waals surface area contributed by atoms with Crippen LogP contribution < -0.4 is 0 Å². The van der Waals surface area contributed by atoms with Crippen molar-refractivity contribution in [1.29, 1.82) is 0 Å². The van der Waals surface area contributed by atoms with E-state index in [1.807, 2.05) is 0 Å². The Bertz CT molecular complexity index is 391. The molecule has 0 amide bonds. The standard InChI is InChI=1S/C16H23NO2/c1-19-16(18)11-10-15-9-5-6-12-17(15)13-14-7-3-2-4-8-14/h2-4,7-8,15H,5-6,9-13H2,1H3/t15-/m0/s1. The smallest absolute Gasteiger partial charge is 0.305 e. The van der Waals surface area contributed by atoms with E-state index in [1.165, 1.54) is 31.9 Å². The normalized spacial score (nSPS) is 20.2. The molecule has 1 heterocycles. The Kier molecular flexibility index (Phi) is 5.40. The fraction of sp³-hybridized carbons (Fsp3) is 0.562. The maximum absolute atomic E-state index is 11.3. The Hall–Kier alpha value is -1.35. The lowest BCUT2D eigenvalue weighted by Crippen LogP contribution is -2.39. The molecule has 0 bridgehead atoms. The fourth-order valence-electron chi connectivity index (χ4n) is 2.80. The number of esters is 1. The molecular formula is C16H23NO2. The first-order chi connectivity index (χ1) is 9.29. The molecule has 0 aromatic heterocycles. The highest BCUT2D eigenvalue weighted by Crippen LogP contribution is 2.23. The zero-order chi connectivity index (χ0) is 13.5. The summed E-state index contributed by atoms with van der Waals surface area (Å²) in [6, 6.07) is 11.1. The number of hydrogen-bond acceptors (Lipinski definition) is 3. The SMILES string of the molecule is COC(=O)CC[C@@H]1CCCCN1Cc1ccccc1. The predicted molar refractivity (Wildman–Crippen MR) is 75.7 cm³/mol. The summed E-state index contributed by atoms with van der Waals surface area (Å²) in [4.78, 5) is 13.8. The molecule has 3 nitrogen and oxygen atoms in total. The van der Waals surface area contributed by atoms with E-state index in [0.29, 0.717) is 12.5 Å². The number of ether oxygens (including phenoxy) is 1. The van der Waals surface area contributed by atoms with E-state index in [2.05, 4.69) is 35.2 Å². The molecule has 2 rings (SSSR count). The maximum Gasteiger partial charge on any atom is 0.305 e. The highest BCUT2D eigenvalue weighted by molar-refractivity contribution is 5.69. The number of piperidine rings is 1. The van der Waals surface area contributed by atoms with Crippen molar-refractivity contribution in [1.82, 2.24) is 4.90 Å². The molecule has 1 fully saturated rings.